The molecule has 3 fully saturated rings. The molecule has 32 heavy (non-hydrogen) atoms. The van der Waals surface area contributed by atoms with Crippen LogP contribution in [0.5, 0.6) is 0 Å². The second kappa shape index (κ2) is 10.7. The number of carbonyl (C=O) groups is 2. The number of piperazine rings is 2. The Hall–Kier alpha value is -2.12. The third kappa shape index (κ3) is 5.81. The maximum atomic E-state index is 12.8. The van der Waals surface area contributed by atoms with Gasteiger partial charge in [0, 0.05) is 75.7 Å². The highest BCUT2D eigenvalue weighted by Gasteiger charge is 2.29. The maximum Gasteiger partial charge on any atom is 0.251 e. The molecule has 1 aliphatic carbocycles. The van der Waals surface area contributed by atoms with E-state index in [-0.39, 0.29) is 17.9 Å². The molecule has 176 valence electrons. The molecule has 1 aromatic carbocycles. The van der Waals surface area contributed by atoms with Gasteiger partial charge in [0.15, 0.2) is 0 Å². The van der Waals surface area contributed by atoms with Crippen LogP contribution in [-0.2, 0) is 4.79 Å². The topological polar surface area (TPSA) is 59.1 Å². The number of carbonyl (C=O) groups excluding carboxylic acids is 2. The molecule has 3 aliphatic rings. The van der Waals surface area contributed by atoms with Gasteiger partial charge < -0.3 is 15.1 Å². The van der Waals surface area contributed by atoms with E-state index in [1.54, 1.807) is 0 Å². The summed E-state index contributed by atoms with van der Waals surface area (Å²) in [4.78, 5) is 34.3. The minimum Gasteiger partial charge on any atom is -0.369 e. The average molecular weight is 442 g/mol. The summed E-state index contributed by atoms with van der Waals surface area (Å²) in [6.45, 7) is 11.9. The largest absolute Gasteiger partial charge is 0.369 e. The van der Waals surface area contributed by atoms with E-state index in [4.69, 9.17) is 0 Å². The lowest BCUT2D eigenvalue weighted by atomic mass is 10.1. The summed E-state index contributed by atoms with van der Waals surface area (Å²) >= 11 is 0. The van der Waals surface area contributed by atoms with Gasteiger partial charge in [0.1, 0.15) is 0 Å². The van der Waals surface area contributed by atoms with Crippen molar-refractivity contribution in [2.75, 3.05) is 63.8 Å². The standard InChI is InChI=1S/C25H39N5O2/c1-20(2)26-25(32)21-7-9-23(10-8-21)28-13-11-27(12-14-28)19-24(31)30-17-15-29(16-18-30)22-5-3-4-6-22/h7-10,20,22H,3-6,11-19H2,1-2H3,(H,26,32). The lowest BCUT2D eigenvalue weighted by Gasteiger charge is -2.40. The molecule has 7 nitrogen and oxygen atoms in total. The Morgan fingerprint density at radius 2 is 1.53 bits per heavy atom. The molecule has 7 heteroatoms. The molecule has 1 saturated carbocycles. The van der Waals surface area contributed by atoms with E-state index >= 15 is 0 Å². The molecule has 4 rings (SSSR count). The Kier molecular flexibility index (Phi) is 7.68. The summed E-state index contributed by atoms with van der Waals surface area (Å²) in [6, 6.07) is 8.75. The van der Waals surface area contributed by atoms with Crippen molar-refractivity contribution in [3.05, 3.63) is 29.8 Å². The van der Waals surface area contributed by atoms with Gasteiger partial charge in [-0.05, 0) is 51.0 Å². The van der Waals surface area contributed by atoms with Crippen LogP contribution >= 0.6 is 0 Å². The van der Waals surface area contributed by atoms with Crippen LogP contribution in [0.25, 0.3) is 0 Å². The Morgan fingerprint density at radius 3 is 2.12 bits per heavy atom. The molecule has 2 aliphatic heterocycles. The van der Waals surface area contributed by atoms with Crippen molar-refractivity contribution < 1.29 is 9.59 Å². The van der Waals surface area contributed by atoms with Gasteiger partial charge in [-0.2, -0.15) is 0 Å². The van der Waals surface area contributed by atoms with E-state index in [0.29, 0.717) is 12.1 Å². The lowest BCUT2D eigenvalue weighted by molar-refractivity contribution is -0.134. The number of benzene rings is 1. The van der Waals surface area contributed by atoms with Crippen LogP contribution in [0.2, 0.25) is 0 Å². The number of nitrogens with zero attached hydrogens (tertiary/aromatic N) is 4. The van der Waals surface area contributed by atoms with Crippen LogP contribution < -0.4 is 10.2 Å². The molecular weight excluding hydrogens is 402 g/mol. The minimum atomic E-state index is -0.0287. The van der Waals surface area contributed by atoms with E-state index in [1.807, 2.05) is 38.1 Å². The molecule has 0 bridgehead atoms. The van der Waals surface area contributed by atoms with Crippen LogP contribution in [0.1, 0.15) is 49.9 Å². The molecule has 2 amide bonds. The first-order valence-corrected chi connectivity index (χ1v) is 12.4. The first kappa shape index (κ1) is 23.1. The molecule has 0 unspecified atom stereocenters. The van der Waals surface area contributed by atoms with Gasteiger partial charge in [0.25, 0.3) is 5.91 Å². The van der Waals surface area contributed by atoms with Gasteiger partial charge >= 0.3 is 0 Å². The predicted octanol–water partition coefficient (Wildman–Crippen LogP) is 2.03. The second-order valence-electron chi connectivity index (χ2n) is 9.79. The predicted molar refractivity (Wildman–Crippen MR) is 128 cm³/mol. The van der Waals surface area contributed by atoms with Gasteiger partial charge in [-0.3, -0.25) is 19.4 Å². The zero-order chi connectivity index (χ0) is 22.5. The summed E-state index contributed by atoms with van der Waals surface area (Å²) < 4.78 is 0. The SMILES string of the molecule is CC(C)NC(=O)c1ccc(N2CCN(CC(=O)N3CCN(C4CCCC4)CC3)CC2)cc1. The highest BCUT2D eigenvalue weighted by Crippen LogP contribution is 2.24. The van der Waals surface area contributed by atoms with E-state index in [2.05, 4.69) is 24.9 Å². The molecule has 0 aromatic heterocycles. The molecule has 0 atom stereocenters. The van der Waals surface area contributed by atoms with E-state index in [0.717, 1.165) is 64.1 Å². The number of hydrogen-bond donors (Lipinski definition) is 1. The molecule has 2 heterocycles. The van der Waals surface area contributed by atoms with Gasteiger partial charge in [-0.15, -0.1) is 0 Å². The van der Waals surface area contributed by atoms with Gasteiger partial charge in [-0.25, -0.2) is 0 Å². The van der Waals surface area contributed by atoms with Crippen LogP contribution in [0.15, 0.2) is 24.3 Å². The van der Waals surface area contributed by atoms with Crippen LogP contribution in [-0.4, -0.2) is 97.5 Å². The highest BCUT2D eigenvalue weighted by atomic mass is 16.2. The number of anilines is 1. The number of nitrogens with one attached hydrogen (secondary N) is 1. The van der Waals surface area contributed by atoms with Crippen LogP contribution in [0.3, 0.4) is 0 Å². The highest BCUT2D eigenvalue weighted by molar-refractivity contribution is 5.94. The summed E-state index contributed by atoms with van der Waals surface area (Å²) in [6.07, 6.45) is 5.42. The number of rotatable bonds is 6. The number of amides is 2. The summed E-state index contributed by atoms with van der Waals surface area (Å²) in [5.74, 6) is 0.254. The fourth-order valence-corrected chi connectivity index (χ4v) is 5.23. The van der Waals surface area contributed by atoms with Crippen molar-refractivity contribution in [3.8, 4) is 0 Å². The molecule has 0 spiro atoms. The van der Waals surface area contributed by atoms with E-state index in [9.17, 15) is 9.59 Å². The van der Waals surface area contributed by atoms with Crippen molar-refractivity contribution in [2.45, 2.75) is 51.6 Å². The van der Waals surface area contributed by atoms with Gasteiger partial charge in [0.05, 0.1) is 6.54 Å². The molecule has 0 radical (unpaired) electrons. The van der Waals surface area contributed by atoms with Crippen LogP contribution in [0.4, 0.5) is 5.69 Å². The third-order valence-corrected chi connectivity index (χ3v) is 7.15. The summed E-state index contributed by atoms with van der Waals surface area (Å²) in [5.41, 5.74) is 1.83. The van der Waals surface area contributed by atoms with Crippen molar-refractivity contribution in [2.24, 2.45) is 0 Å². The normalized spacial score (nSPS) is 21.3. The summed E-state index contributed by atoms with van der Waals surface area (Å²) in [5, 5.41) is 2.93. The van der Waals surface area contributed by atoms with Crippen molar-refractivity contribution in [1.82, 2.24) is 20.0 Å². The maximum absolute atomic E-state index is 12.8. The quantitative estimate of drug-likeness (QED) is 0.732. The average Bonchev–Trinajstić information content (AvgIpc) is 3.34. The first-order chi connectivity index (χ1) is 15.5. The molecule has 2 saturated heterocycles. The smallest absolute Gasteiger partial charge is 0.251 e. The Labute approximate surface area is 192 Å². The van der Waals surface area contributed by atoms with Gasteiger partial charge in [0.2, 0.25) is 5.91 Å². The molecule has 1 aromatic rings. The Morgan fingerprint density at radius 1 is 0.906 bits per heavy atom. The monoisotopic (exact) mass is 441 g/mol. The second-order valence-corrected chi connectivity index (χ2v) is 9.79. The van der Waals surface area contributed by atoms with E-state index in [1.165, 1.54) is 25.7 Å². The summed E-state index contributed by atoms with van der Waals surface area (Å²) in [7, 11) is 0. The van der Waals surface area contributed by atoms with Crippen molar-refractivity contribution in [1.29, 1.82) is 0 Å². The van der Waals surface area contributed by atoms with Crippen molar-refractivity contribution >= 4 is 17.5 Å². The third-order valence-electron chi connectivity index (χ3n) is 7.15. The molecule has 1 N–H and O–H groups in total. The van der Waals surface area contributed by atoms with Gasteiger partial charge in [-0.1, -0.05) is 12.8 Å². The van der Waals surface area contributed by atoms with Crippen LogP contribution in [0, 0.1) is 0 Å². The zero-order valence-corrected chi connectivity index (χ0v) is 19.8. The minimum absolute atomic E-state index is 0.0287. The molecular formula is C25H39N5O2. The fraction of sp³-hybridized carbons (Fsp3) is 0.680. The Bertz CT molecular complexity index is 759. The number of hydrogen-bond acceptors (Lipinski definition) is 5. The van der Waals surface area contributed by atoms with E-state index < -0.39 is 0 Å². The first-order valence-electron chi connectivity index (χ1n) is 12.4. The zero-order valence-electron chi connectivity index (χ0n) is 19.8. The fourth-order valence-electron chi connectivity index (χ4n) is 5.23. The lowest BCUT2D eigenvalue weighted by Crippen LogP contribution is -2.55. The van der Waals surface area contributed by atoms with Crippen molar-refractivity contribution in [3.63, 3.8) is 0 Å². The Balaban J connectivity index is 1.19.